The van der Waals surface area contributed by atoms with E-state index in [1.165, 1.54) is 11.8 Å². The standard InChI is InChI=1S/C16H20FN3.ClH/c1-2-3-13-11-16(20-8-6-18-7-9-20)14-5-4-12(17)10-15(14)19-13;/h4-5,10-11,18H,2-3,6-9H2,1H3;1H. The van der Waals surface area contributed by atoms with E-state index < -0.39 is 0 Å². The molecule has 0 amide bonds. The van der Waals surface area contributed by atoms with Crippen LogP contribution in [0.3, 0.4) is 0 Å². The maximum absolute atomic E-state index is 13.5. The summed E-state index contributed by atoms with van der Waals surface area (Å²) < 4.78 is 13.5. The molecule has 3 nitrogen and oxygen atoms in total. The van der Waals surface area contributed by atoms with E-state index in [-0.39, 0.29) is 18.2 Å². The number of piperazine rings is 1. The maximum atomic E-state index is 13.5. The molecule has 0 unspecified atom stereocenters. The van der Waals surface area contributed by atoms with Crippen LogP contribution in [0.5, 0.6) is 0 Å². The Hall–Kier alpha value is -1.39. The fourth-order valence-electron chi connectivity index (χ4n) is 2.79. The van der Waals surface area contributed by atoms with Crippen LogP contribution in [0.25, 0.3) is 10.9 Å². The van der Waals surface area contributed by atoms with E-state index in [4.69, 9.17) is 0 Å². The summed E-state index contributed by atoms with van der Waals surface area (Å²) in [5, 5.41) is 4.41. The van der Waals surface area contributed by atoms with Gasteiger partial charge in [-0.2, -0.15) is 0 Å². The average Bonchev–Trinajstić information content (AvgIpc) is 2.47. The van der Waals surface area contributed by atoms with Crippen molar-refractivity contribution in [2.24, 2.45) is 0 Å². The molecule has 0 radical (unpaired) electrons. The van der Waals surface area contributed by atoms with E-state index >= 15 is 0 Å². The van der Waals surface area contributed by atoms with Crippen molar-refractivity contribution in [3.63, 3.8) is 0 Å². The molecule has 0 bridgehead atoms. The summed E-state index contributed by atoms with van der Waals surface area (Å²) >= 11 is 0. The van der Waals surface area contributed by atoms with E-state index in [1.807, 2.05) is 6.07 Å². The fourth-order valence-corrected chi connectivity index (χ4v) is 2.79. The van der Waals surface area contributed by atoms with Crippen molar-refractivity contribution in [2.45, 2.75) is 19.8 Å². The van der Waals surface area contributed by atoms with Crippen molar-refractivity contribution in [1.82, 2.24) is 10.3 Å². The van der Waals surface area contributed by atoms with Crippen LogP contribution in [0.15, 0.2) is 24.3 Å². The van der Waals surface area contributed by atoms with Crippen molar-refractivity contribution >= 4 is 29.0 Å². The minimum absolute atomic E-state index is 0. The number of nitrogens with zero attached hydrogens (tertiary/aromatic N) is 2. The third kappa shape index (κ3) is 3.44. The Morgan fingerprint density at radius 3 is 2.71 bits per heavy atom. The highest BCUT2D eigenvalue weighted by Crippen LogP contribution is 2.28. The van der Waals surface area contributed by atoms with Gasteiger partial charge in [-0.3, -0.25) is 4.98 Å². The summed E-state index contributed by atoms with van der Waals surface area (Å²) in [7, 11) is 0. The lowest BCUT2D eigenvalue weighted by Crippen LogP contribution is -2.43. The molecule has 5 heteroatoms. The van der Waals surface area contributed by atoms with Crippen LogP contribution in [-0.4, -0.2) is 31.2 Å². The van der Waals surface area contributed by atoms with Crippen LogP contribution < -0.4 is 10.2 Å². The number of hydrogen-bond acceptors (Lipinski definition) is 3. The van der Waals surface area contributed by atoms with Crippen molar-refractivity contribution < 1.29 is 4.39 Å². The number of pyridine rings is 1. The first-order chi connectivity index (χ1) is 9.78. The summed E-state index contributed by atoms with van der Waals surface area (Å²) in [4.78, 5) is 6.97. The molecule has 1 aromatic heterocycles. The first kappa shape index (κ1) is 16.0. The number of fused-ring (bicyclic) bond motifs is 1. The summed E-state index contributed by atoms with van der Waals surface area (Å²) in [6.45, 7) is 6.11. The molecule has 21 heavy (non-hydrogen) atoms. The molecular weight excluding hydrogens is 289 g/mol. The molecule has 0 saturated carbocycles. The first-order valence-corrected chi connectivity index (χ1v) is 7.33. The number of hydrogen-bond donors (Lipinski definition) is 1. The third-order valence-corrected chi connectivity index (χ3v) is 3.77. The Labute approximate surface area is 131 Å². The normalized spacial score (nSPS) is 15.0. The molecule has 1 aliphatic heterocycles. The minimum Gasteiger partial charge on any atom is -0.368 e. The molecule has 1 aromatic carbocycles. The van der Waals surface area contributed by atoms with Crippen LogP contribution in [0.1, 0.15) is 19.0 Å². The Bertz CT molecular complexity index is 612. The topological polar surface area (TPSA) is 28.2 Å². The summed E-state index contributed by atoms with van der Waals surface area (Å²) in [5.74, 6) is -0.218. The molecule has 3 rings (SSSR count). The smallest absolute Gasteiger partial charge is 0.125 e. The highest BCUT2D eigenvalue weighted by Gasteiger charge is 2.15. The molecule has 0 aliphatic carbocycles. The van der Waals surface area contributed by atoms with Crippen LogP contribution in [0.4, 0.5) is 10.1 Å². The van der Waals surface area contributed by atoms with Crippen LogP contribution in [0, 0.1) is 5.82 Å². The molecular formula is C16H21ClFN3. The Morgan fingerprint density at radius 2 is 2.00 bits per heavy atom. The van der Waals surface area contributed by atoms with E-state index in [0.29, 0.717) is 0 Å². The fraction of sp³-hybridized carbons (Fsp3) is 0.438. The molecule has 1 saturated heterocycles. The van der Waals surface area contributed by atoms with E-state index in [9.17, 15) is 4.39 Å². The second kappa shape index (κ2) is 7.05. The summed E-state index contributed by atoms with van der Waals surface area (Å²) in [6.07, 6.45) is 1.99. The number of anilines is 1. The lowest BCUT2D eigenvalue weighted by molar-refractivity contribution is 0.590. The number of aromatic nitrogens is 1. The number of halogens is 2. The van der Waals surface area contributed by atoms with Crippen LogP contribution in [-0.2, 0) is 6.42 Å². The van der Waals surface area contributed by atoms with Gasteiger partial charge in [0.2, 0.25) is 0 Å². The average molecular weight is 310 g/mol. The number of rotatable bonds is 3. The van der Waals surface area contributed by atoms with Gasteiger partial charge in [-0.15, -0.1) is 12.4 Å². The van der Waals surface area contributed by atoms with Crippen LogP contribution >= 0.6 is 12.4 Å². The molecule has 1 N–H and O–H groups in total. The lowest BCUT2D eigenvalue weighted by Gasteiger charge is -2.30. The van der Waals surface area contributed by atoms with Gasteiger partial charge >= 0.3 is 0 Å². The van der Waals surface area contributed by atoms with Gasteiger partial charge in [0.1, 0.15) is 5.82 Å². The Balaban J connectivity index is 0.00000161. The van der Waals surface area contributed by atoms with Crippen molar-refractivity contribution in [2.75, 3.05) is 31.1 Å². The Kier molecular flexibility index (Phi) is 5.37. The second-order valence-corrected chi connectivity index (χ2v) is 5.28. The van der Waals surface area contributed by atoms with Crippen LogP contribution in [0.2, 0.25) is 0 Å². The molecule has 1 aliphatic rings. The quantitative estimate of drug-likeness (QED) is 0.944. The minimum atomic E-state index is -0.218. The SMILES string of the molecule is CCCc1cc(N2CCNCC2)c2ccc(F)cc2n1.Cl. The zero-order valence-corrected chi connectivity index (χ0v) is 13.0. The van der Waals surface area contributed by atoms with Gasteiger partial charge in [0.05, 0.1) is 5.52 Å². The highest BCUT2D eigenvalue weighted by molar-refractivity contribution is 5.92. The number of nitrogens with one attached hydrogen (secondary N) is 1. The van der Waals surface area contributed by atoms with E-state index in [1.54, 1.807) is 6.07 Å². The van der Waals surface area contributed by atoms with Crippen molar-refractivity contribution in [3.8, 4) is 0 Å². The van der Waals surface area contributed by atoms with Gasteiger partial charge in [0.25, 0.3) is 0 Å². The Morgan fingerprint density at radius 1 is 1.24 bits per heavy atom. The van der Waals surface area contributed by atoms with E-state index in [0.717, 1.165) is 55.6 Å². The maximum Gasteiger partial charge on any atom is 0.125 e. The van der Waals surface area contributed by atoms with Gasteiger partial charge < -0.3 is 10.2 Å². The van der Waals surface area contributed by atoms with Gasteiger partial charge in [0, 0.05) is 49.0 Å². The molecule has 1 fully saturated rings. The van der Waals surface area contributed by atoms with Gasteiger partial charge in [-0.1, -0.05) is 13.3 Å². The lowest BCUT2D eigenvalue weighted by atomic mass is 10.1. The van der Waals surface area contributed by atoms with Gasteiger partial charge in [-0.05, 0) is 24.6 Å². The highest BCUT2D eigenvalue weighted by atomic mass is 35.5. The van der Waals surface area contributed by atoms with Gasteiger partial charge in [0.15, 0.2) is 0 Å². The molecule has 2 aromatic rings. The van der Waals surface area contributed by atoms with Gasteiger partial charge in [-0.25, -0.2) is 4.39 Å². The second-order valence-electron chi connectivity index (χ2n) is 5.28. The van der Waals surface area contributed by atoms with Crippen molar-refractivity contribution in [1.29, 1.82) is 0 Å². The molecule has 0 atom stereocenters. The third-order valence-electron chi connectivity index (χ3n) is 3.77. The number of aryl methyl sites for hydroxylation is 1. The molecule has 114 valence electrons. The summed E-state index contributed by atoms with van der Waals surface area (Å²) in [5.41, 5.74) is 3.02. The van der Waals surface area contributed by atoms with E-state index in [2.05, 4.69) is 28.2 Å². The first-order valence-electron chi connectivity index (χ1n) is 7.33. The zero-order chi connectivity index (χ0) is 13.9. The summed E-state index contributed by atoms with van der Waals surface area (Å²) in [6, 6.07) is 7.09. The molecule has 0 spiro atoms. The predicted octanol–water partition coefficient (Wildman–Crippen LogP) is 3.16. The predicted molar refractivity (Wildman–Crippen MR) is 88.0 cm³/mol. The monoisotopic (exact) mass is 309 g/mol. The largest absolute Gasteiger partial charge is 0.368 e. The number of benzene rings is 1. The zero-order valence-electron chi connectivity index (χ0n) is 12.2. The molecule has 2 heterocycles. The van der Waals surface area contributed by atoms with Crippen molar-refractivity contribution in [3.05, 3.63) is 35.8 Å².